The molecule has 9 heteroatoms. The molecule has 1 N–H and O–H groups in total. The first kappa shape index (κ1) is 19.8. The zero-order valence-corrected chi connectivity index (χ0v) is 16.0. The number of amides is 2. The van der Waals surface area contributed by atoms with Crippen molar-refractivity contribution in [2.24, 2.45) is 17.8 Å². The van der Waals surface area contributed by atoms with Crippen molar-refractivity contribution in [3.8, 4) is 5.75 Å². The monoisotopic (exact) mass is 412 g/mol. The fourth-order valence-corrected chi connectivity index (χ4v) is 4.58. The van der Waals surface area contributed by atoms with Crippen LogP contribution in [0.5, 0.6) is 5.75 Å². The van der Waals surface area contributed by atoms with Crippen molar-refractivity contribution in [1.82, 2.24) is 10.2 Å². The first-order chi connectivity index (χ1) is 13.7. The number of nitrogens with zero attached hydrogens (tertiary/aromatic N) is 1. The van der Waals surface area contributed by atoms with Crippen LogP contribution < -0.4 is 10.1 Å². The van der Waals surface area contributed by atoms with E-state index in [-0.39, 0.29) is 41.9 Å². The summed E-state index contributed by atoms with van der Waals surface area (Å²) in [6.07, 6.45) is -3.91. The van der Waals surface area contributed by atoms with Gasteiger partial charge in [-0.15, -0.1) is 13.2 Å². The van der Waals surface area contributed by atoms with Crippen LogP contribution in [0.3, 0.4) is 0 Å². The predicted molar refractivity (Wildman–Crippen MR) is 96.2 cm³/mol. The maximum atomic E-state index is 12.8. The van der Waals surface area contributed by atoms with Crippen molar-refractivity contribution in [3.63, 3.8) is 0 Å². The Kier molecular flexibility index (Phi) is 5.08. The minimum absolute atomic E-state index is 0.0307. The van der Waals surface area contributed by atoms with Crippen LogP contribution in [-0.2, 0) is 9.53 Å². The van der Waals surface area contributed by atoms with Crippen LogP contribution in [0.2, 0.25) is 0 Å². The third-order valence-corrected chi connectivity index (χ3v) is 6.10. The topological polar surface area (TPSA) is 67.9 Å². The van der Waals surface area contributed by atoms with Crippen LogP contribution in [0.1, 0.15) is 29.9 Å². The van der Waals surface area contributed by atoms with Crippen molar-refractivity contribution in [2.75, 3.05) is 26.2 Å². The average molecular weight is 412 g/mol. The van der Waals surface area contributed by atoms with Gasteiger partial charge in [0, 0.05) is 19.6 Å². The highest BCUT2D eigenvalue weighted by Crippen LogP contribution is 2.58. The molecule has 6 nitrogen and oxygen atoms in total. The summed E-state index contributed by atoms with van der Waals surface area (Å²) in [7, 11) is 0. The number of alkyl carbamates (subject to hydrolysis) is 1. The lowest BCUT2D eigenvalue weighted by atomic mass is 10.00. The second-order valence-electron chi connectivity index (χ2n) is 8.03. The van der Waals surface area contributed by atoms with Crippen molar-refractivity contribution < 1.29 is 32.2 Å². The first-order valence-corrected chi connectivity index (χ1v) is 9.78. The molecule has 1 aromatic rings. The molecule has 4 atom stereocenters. The molecule has 4 rings (SSSR count). The number of aryl methyl sites for hydroxylation is 1. The number of nitrogens with one attached hydrogen (secondary N) is 1. The Morgan fingerprint density at radius 2 is 2.00 bits per heavy atom. The quantitative estimate of drug-likeness (QED) is 0.828. The van der Waals surface area contributed by atoms with Gasteiger partial charge in [-0.1, -0.05) is 12.1 Å². The van der Waals surface area contributed by atoms with E-state index in [4.69, 9.17) is 4.74 Å². The van der Waals surface area contributed by atoms with Crippen molar-refractivity contribution in [2.45, 2.75) is 32.0 Å². The number of benzene rings is 1. The fraction of sp³-hybridized carbons (Fsp3) is 0.600. The summed E-state index contributed by atoms with van der Waals surface area (Å²) < 4.78 is 46.8. The van der Waals surface area contributed by atoms with Gasteiger partial charge in [0.25, 0.3) is 0 Å². The van der Waals surface area contributed by atoms with Gasteiger partial charge in [0.05, 0.1) is 12.5 Å². The van der Waals surface area contributed by atoms with Gasteiger partial charge in [0.1, 0.15) is 5.75 Å². The molecule has 158 valence electrons. The van der Waals surface area contributed by atoms with Crippen molar-refractivity contribution >= 4 is 12.0 Å². The molecule has 0 aromatic heterocycles. The van der Waals surface area contributed by atoms with E-state index in [1.165, 1.54) is 6.07 Å². The van der Waals surface area contributed by atoms with Gasteiger partial charge in [-0.05, 0) is 54.7 Å². The molecule has 0 bridgehead atoms. The molecule has 2 saturated heterocycles. The zero-order chi connectivity index (χ0) is 20.8. The molecule has 0 radical (unpaired) electrons. The number of cyclic esters (lactones) is 1. The zero-order valence-electron chi connectivity index (χ0n) is 16.0. The lowest BCUT2D eigenvalue weighted by Crippen LogP contribution is -2.43. The van der Waals surface area contributed by atoms with E-state index in [1.54, 1.807) is 13.0 Å². The number of carbonyl (C=O) groups is 2. The van der Waals surface area contributed by atoms with Gasteiger partial charge in [0.15, 0.2) is 0 Å². The van der Waals surface area contributed by atoms with E-state index in [2.05, 4.69) is 10.1 Å². The number of carbonyl (C=O) groups excluding carboxylic acids is 2. The highest BCUT2D eigenvalue weighted by Gasteiger charge is 2.57. The Bertz CT molecular complexity index is 801. The lowest BCUT2D eigenvalue weighted by molar-refractivity contribution is -0.274. The molecule has 2 amide bonds. The minimum Gasteiger partial charge on any atom is -0.450 e. The summed E-state index contributed by atoms with van der Waals surface area (Å²) in [6.45, 7) is 3.34. The summed E-state index contributed by atoms with van der Waals surface area (Å²) in [6, 6.07) is 4.97. The fourth-order valence-electron chi connectivity index (χ4n) is 4.58. The molecule has 2 aliphatic heterocycles. The van der Waals surface area contributed by atoms with Crippen molar-refractivity contribution in [1.29, 1.82) is 0 Å². The van der Waals surface area contributed by atoms with E-state index in [9.17, 15) is 22.8 Å². The largest absolute Gasteiger partial charge is 0.573 e. The normalized spacial score (nSPS) is 29.2. The van der Waals surface area contributed by atoms with Crippen LogP contribution in [0.4, 0.5) is 18.0 Å². The number of hydrogen-bond acceptors (Lipinski definition) is 4. The van der Waals surface area contributed by atoms with E-state index in [0.29, 0.717) is 38.1 Å². The smallest absolute Gasteiger partial charge is 0.450 e. The number of likely N-dealkylation sites (tertiary alicyclic amines) is 1. The maximum absolute atomic E-state index is 12.8. The number of halogens is 3. The first-order valence-electron chi connectivity index (χ1n) is 9.78. The van der Waals surface area contributed by atoms with Crippen LogP contribution >= 0.6 is 0 Å². The Balaban J connectivity index is 1.37. The number of ether oxygens (including phenoxy) is 2. The van der Waals surface area contributed by atoms with Crippen molar-refractivity contribution in [3.05, 3.63) is 29.3 Å². The summed E-state index contributed by atoms with van der Waals surface area (Å²) in [5.74, 6) is 0.271. The highest BCUT2D eigenvalue weighted by molar-refractivity contribution is 5.80. The number of piperidine rings is 1. The minimum atomic E-state index is -4.72. The predicted octanol–water partition coefficient (Wildman–Crippen LogP) is 3.20. The summed E-state index contributed by atoms with van der Waals surface area (Å²) >= 11 is 0. The van der Waals surface area contributed by atoms with Crippen LogP contribution in [0, 0.1) is 24.7 Å². The van der Waals surface area contributed by atoms with Gasteiger partial charge in [-0.3, -0.25) is 4.79 Å². The van der Waals surface area contributed by atoms with Gasteiger partial charge in [-0.2, -0.15) is 0 Å². The lowest BCUT2D eigenvalue weighted by Gasteiger charge is -2.27. The molecule has 1 aliphatic carbocycles. The molecule has 3 fully saturated rings. The SMILES string of the molecule is Cc1ccc(C2[C@H]3CN(C(=O)[C@@H]4CCCOC(=O)NC4)C[C@@H]23)cc1OC(F)(F)F. The molecule has 1 aromatic carbocycles. The molecule has 0 spiro atoms. The molecule has 1 saturated carbocycles. The van der Waals surface area contributed by atoms with E-state index >= 15 is 0 Å². The number of fused-ring (bicyclic) bond motifs is 1. The van der Waals surface area contributed by atoms with Crippen LogP contribution in [-0.4, -0.2) is 49.5 Å². The second-order valence-corrected chi connectivity index (χ2v) is 8.03. The number of alkyl halides is 3. The number of hydrogen-bond donors (Lipinski definition) is 1. The molecule has 29 heavy (non-hydrogen) atoms. The maximum Gasteiger partial charge on any atom is 0.573 e. The van der Waals surface area contributed by atoms with E-state index in [1.807, 2.05) is 11.0 Å². The summed E-state index contributed by atoms with van der Waals surface area (Å²) in [5, 5.41) is 2.61. The highest BCUT2D eigenvalue weighted by atomic mass is 19.4. The second kappa shape index (κ2) is 7.42. The Morgan fingerprint density at radius 1 is 1.28 bits per heavy atom. The van der Waals surface area contributed by atoms with E-state index < -0.39 is 12.5 Å². The average Bonchev–Trinajstić information content (AvgIpc) is 3.12. The molecule has 3 aliphatic rings. The molecule has 1 unspecified atom stereocenters. The third-order valence-electron chi connectivity index (χ3n) is 6.10. The third kappa shape index (κ3) is 4.28. The van der Waals surface area contributed by atoms with Crippen LogP contribution in [0.15, 0.2) is 18.2 Å². The van der Waals surface area contributed by atoms with E-state index in [0.717, 1.165) is 5.56 Å². The summed E-state index contributed by atoms with van der Waals surface area (Å²) in [5.41, 5.74) is 1.26. The molecule has 2 heterocycles. The Labute approximate surface area is 166 Å². The Hall–Kier alpha value is -2.45. The standard InChI is InChI=1S/C20H23F3N2O4/c1-11-4-5-12(7-16(11)29-20(21,22)23)17-14-9-25(10-15(14)17)18(26)13-3-2-6-28-19(27)24-8-13/h4-5,7,13-15,17H,2-3,6,8-10H2,1H3,(H,24,27)/t13-,14-,15+,17?/m1/s1. The van der Waals surface area contributed by atoms with Gasteiger partial charge < -0.3 is 19.7 Å². The molecular formula is C20H23F3N2O4. The van der Waals surface area contributed by atoms with Gasteiger partial charge in [-0.25, -0.2) is 4.79 Å². The molecular weight excluding hydrogens is 389 g/mol. The van der Waals surface area contributed by atoms with Crippen LogP contribution in [0.25, 0.3) is 0 Å². The van der Waals surface area contributed by atoms with Gasteiger partial charge >= 0.3 is 12.5 Å². The Morgan fingerprint density at radius 3 is 2.69 bits per heavy atom. The number of rotatable bonds is 3. The summed E-state index contributed by atoms with van der Waals surface area (Å²) in [4.78, 5) is 26.0. The van der Waals surface area contributed by atoms with Gasteiger partial charge in [0.2, 0.25) is 5.91 Å².